The number of amides is 1. The van der Waals surface area contributed by atoms with Crippen LogP contribution in [0.25, 0.3) is 0 Å². The second-order valence-corrected chi connectivity index (χ2v) is 6.86. The van der Waals surface area contributed by atoms with E-state index in [0.717, 1.165) is 6.42 Å². The Kier molecular flexibility index (Phi) is 3.42. The van der Waals surface area contributed by atoms with Gasteiger partial charge in [-0.25, -0.2) is 0 Å². The van der Waals surface area contributed by atoms with E-state index in [0.29, 0.717) is 23.7 Å². The van der Waals surface area contributed by atoms with Crippen LogP contribution in [-0.2, 0) is 11.2 Å². The topological polar surface area (TPSA) is 29.1 Å². The quantitative estimate of drug-likeness (QED) is 0.888. The maximum absolute atomic E-state index is 12.2. The molecule has 0 bridgehead atoms. The number of fused-ring (bicyclic) bond motifs is 1. The van der Waals surface area contributed by atoms with Gasteiger partial charge in [0.1, 0.15) is 0 Å². The summed E-state index contributed by atoms with van der Waals surface area (Å²) in [4.78, 5) is 13.6. The van der Waals surface area contributed by atoms with E-state index in [2.05, 4.69) is 29.8 Å². The number of carbonyl (C=O) groups is 1. The highest BCUT2D eigenvalue weighted by atomic mass is 32.1. The zero-order valence-corrected chi connectivity index (χ0v) is 11.7. The summed E-state index contributed by atoms with van der Waals surface area (Å²) in [6.45, 7) is 2.11. The average molecular weight is 263 g/mol. The lowest BCUT2D eigenvalue weighted by Crippen LogP contribution is -2.35. The molecule has 2 aliphatic carbocycles. The number of nitrogens with one attached hydrogen (secondary N) is 1. The predicted molar refractivity (Wildman–Crippen MR) is 74.6 cm³/mol. The first-order valence-corrected chi connectivity index (χ1v) is 7.96. The first kappa shape index (κ1) is 12.2. The van der Waals surface area contributed by atoms with Crippen LogP contribution in [0.15, 0.2) is 17.5 Å². The van der Waals surface area contributed by atoms with E-state index < -0.39 is 0 Å². The summed E-state index contributed by atoms with van der Waals surface area (Å²) in [5.74, 6) is 2.09. The number of thiophene rings is 1. The summed E-state index contributed by atoms with van der Waals surface area (Å²) in [6, 6.07) is 4.48. The molecule has 2 saturated carbocycles. The summed E-state index contributed by atoms with van der Waals surface area (Å²) in [7, 11) is 0. The Morgan fingerprint density at radius 1 is 1.44 bits per heavy atom. The van der Waals surface area contributed by atoms with Crippen molar-refractivity contribution in [2.75, 3.05) is 0 Å². The minimum Gasteiger partial charge on any atom is -0.353 e. The van der Waals surface area contributed by atoms with E-state index in [-0.39, 0.29) is 6.04 Å². The first-order valence-electron chi connectivity index (χ1n) is 7.08. The summed E-state index contributed by atoms with van der Waals surface area (Å²) < 4.78 is 0. The van der Waals surface area contributed by atoms with Crippen molar-refractivity contribution in [2.45, 2.75) is 45.1 Å². The summed E-state index contributed by atoms with van der Waals surface area (Å²) in [6.07, 6.45) is 6.18. The van der Waals surface area contributed by atoms with E-state index in [9.17, 15) is 4.79 Å². The fraction of sp³-hybridized carbons (Fsp3) is 0.667. The molecule has 98 valence electrons. The minimum atomic E-state index is 0.263. The van der Waals surface area contributed by atoms with Crippen LogP contribution in [-0.4, -0.2) is 11.9 Å². The number of rotatable bonds is 4. The van der Waals surface area contributed by atoms with Gasteiger partial charge >= 0.3 is 0 Å². The largest absolute Gasteiger partial charge is 0.353 e. The molecule has 3 heteroatoms. The third kappa shape index (κ3) is 2.46. The second kappa shape index (κ2) is 5.04. The molecule has 0 spiro atoms. The minimum absolute atomic E-state index is 0.263. The summed E-state index contributed by atoms with van der Waals surface area (Å²) in [5.41, 5.74) is 0. The van der Waals surface area contributed by atoms with E-state index in [1.54, 1.807) is 11.3 Å². The molecule has 1 N–H and O–H groups in total. The maximum atomic E-state index is 12.2. The van der Waals surface area contributed by atoms with Crippen LogP contribution in [0.5, 0.6) is 0 Å². The molecule has 0 aromatic carbocycles. The molecule has 0 aliphatic heterocycles. The van der Waals surface area contributed by atoms with E-state index in [4.69, 9.17) is 0 Å². The van der Waals surface area contributed by atoms with E-state index in [1.807, 2.05) is 0 Å². The van der Waals surface area contributed by atoms with Crippen LogP contribution < -0.4 is 5.32 Å². The molecule has 3 atom stereocenters. The highest BCUT2D eigenvalue weighted by Gasteiger charge is 2.54. The molecule has 0 unspecified atom stereocenters. The highest BCUT2D eigenvalue weighted by Crippen LogP contribution is 2.55. The number of carbonyl (C=O) groups excluding carboxylic acids is 1. The van der Waals surface area contributed by atoms with Crippen LogP contribution in [0, 0.1) is 17.8 Å². The van der Waals surface area contributed by atoms with Gasteiger partial charge in [-0.05, 0) is 43.0 Å². The Morgan fingerprint density at radius 3 is 2.78 bits per heavy atom. The lowest BCUT2D eigenvalue weighted by Gasteiger charge is -2.12. The van der Waals surface area contributed by atoms with Crippen LogP contribution >= 0.6 is 11.3 Å². The molecule has 18 heavy (non-hydrogen) atoms. The molecule has 0 radical (unpaired) electrons. The highest BCUT2D eigenvalue weighted by molar-refractivity contribution is 7.09. The zero-order valence-electron chi connectivity index (χ0n) is 10.9. The molecule has 1 heterocycles. The predicted octanol–water partition coefficient (Wildman–Crippen LogP) is 3.23. The maximum Gasteiger partial charge on any atom is 0.223 e. The Bertz CT molecular complexity index is 402. The van der Waals surface area contributed by atoms with Crippen molar-refractivity contribution < 1.29 is 4.79 Å². The van der Waals surface area contributed by atoms with Crippen molar-refractivity contribution in [2.24, 2.45) is 17.8 Å². The standard InChI is InChI=1S/C15H21NOS/c1-10(9-11-5-4-8-18-11)16-15(17)14-12-6-2-3-7-13(12)14/h4-5,8,10,12-14H,2-3,6-7,9H2,1H3,(H,16,17)/t10-,12-,13-/m1/s1. The fourth-order valence-electron chi connectivity index (χ4n) is 3.50. The molecular formula is C15H21NOS. The van der Waals surface area contributed by atoms with Gasteiger partial charge < -0.3 is 5.32 Å². The number of hydrogen-bond acceptors (Lipinski definition) is 2. The monoisotopic (exact) mass is 263 g/mol. The Hall–Kier alpha value is -0.830. The lowest BCUT2D eigenvalue weighted by molar-refractivity contribution is -0.123. The molecule has 1 aromatic heterocycles. The summed E-state index contributed by atoms with van der Waals surface area (Å²) in [5, 5.41) is 5.30. The van der Waals surface area contributed by atoms with E-state index in [1.165, 1.54) is 30.6 Å². The van der Waals surface area contributed by atoms with Crippen LogP contribution in [0.3, 0.4) is 0 Å². The molecule has 2 fully saturated rings. The Labute approximate surface area is 113 Å². The van der Waals surface area contributed by atoms with Crippen LogP contribution in [0.2, 0.25) is 0 Å². The van der Waals surface area contributed by atoms with Gasteiger partial charge in [0.05, 0.1) is 0 Å². The van der Waals surface area contributed by atoms with Crippen molar-refractivity contribution >= 4 is 17.2 Å². The van der Waals surface area contributed by atoms with Crippen molar-refractivity contribution in [3.05, 3.63) is 22.4 Å². The van der Waals surface area contributed by atoms with Crippen LogP contribution in [0.1, 0.15) is 37.5 Å². The average Bonchev–Trinajstić information content (AvgIpc) is 2.87. The SMILES string of the molecule is C[C@H](Cc1cccs1)NC(=O)C1[C@@H]2CCCC[C@@H]12. The lowest BCUT2D eigenvalue weighted by atomic mass is 10.0. The Balaban J connectivity index is 1.49. The molecule has 1 amide bonds. The van der Waals surface area contributed by atoms with E-state index >= 15 is 0 Å². The third-order valence-electron chi connectivity index (χ3n) is 4.44. The molecule has 3 rings (SSSR count). The van der Waals surface area contributed by atoms with Gasteiger partial charge in [0, 0.05) is 23.3 Å². The van der Waals surface area contributed by atoms with Gasteiger partial charge in [-0.15, -0.1) is 11.3 Å². The van der Waals surface area contributed by atoms with Gasteiger partial charge in [0.25, 0.3) is 0 Å². The smallest absolute Gasteiger partial charge is 0.223 e. The van der Waals surface area contributed by atoms with Crippen molar-refractivity contribution in [3.63, 3.8) is 0 Å². The molecule has 2 nitrogen and oxygen atoms in total. The van der Waals surface area contributed by atoms with Gasteiger partial charge in [-0.3, -0.25) is 4.79 Å². The third-order valence-corrected chi connectivity index (χ3v) is 5.33. The second-order valence-electron chi connectivity index (χ2n) is 5.83. The van der Waals surface area contributed by atoms with Crippen molar-refractivity contribution in [1.82, 2.24) is 5.32 Å². The molecule has 2 aliphatic rings. The van der Waals surface area contributed by atoms with Crippen molar-refractivity contribution in [1.29, 1.82) is 0 Å². The van der Waals surface area contributed by atoms with Gasteiger partial charge in [0.2, 0.25) is 5.91 Å². The van der Waals surface area contributed by atoms with Gasteiger partial charge in [-0.2, -0.15) is 0 Å². The van der Waals surface area contributed by atoms with Crippen LogP contribution in [0.4, 0.5) is 0 Å². The van der Waals surface area contributed by atoms with Gasteiger partial charge in [0.15, 0.2) is 0 Å². The molecule has 0 saturated heterocycles. The number of hydrogen-bond donors (Lipinski definition) is 1. The molecule has 1 aromatic rings. The Morgan fingerprint density at radius 2 is 2.17 bits per heavy atom. The molecular weight excluding hydrogens is 242 g/mol. The normalized spacial score (nSPS) is 31.5. The van der Waals surface area contributed by atoms with Crippen molar-refractivity contribution in [3.8, 4) is 0 Å². The fourth-order valence-corrected chi connectivity index (χ4v) is 4.34. The summed E-state index contributed by atoms with van der Waals surface area (Å²) >= 11 is 1.77. The first-order chi connectivity index (χ1) is 8.75. The van der Waals surface area contributed by atoms with Gasteiger partial charge in [-0.1, -0.05) is 18.9 Å². The zero-order chi connectivity index (χ0) is 12.5.